The van der Waals surface area contributed by atoms with Gasteiger partial charge in [-0.3, -0.25) is 4.68 Å². The number of aliphatic hydroxyl groups excluding tert-OH is 1. The second kappa shape index (κ2) is 6.36. The molecule has 20 heavy (non-hydrogen) atoms. The van der Waals surface area contributed by atoms with Crippen molar-refractivity contribution in [2.45, 2.75) is 38.8 Å². The number of hydrogen-bond acceptors (Lipinski definition) is 3. The van der Waals surface area contributed by atoms with Crippen molar-refractivity contribution >= 4 is 0 Å². The molecule has 2 rings (SSSR count). The van der Waals surface area contributed by atoms with Crippen LogP contribution in [0.5, 0.6) is 0 Å². The molecule has 0 spiro atoms. The van der Waals surface area contributed by atoms with Crippen molar-refractivity contribution in [1.82, 2.24) is 9.78 Å². The number of aromatic nitrogens is 2. The zero-order valence-corrected chi connectivity index (χ0v) is 11.8. The molecule has 1 aromatic heterocycles. The minimum absolute atomic E-state index is 0.364. The molecule has 0 amide bonds. The largest absolute Gasteiger partial charge is 0.388 e. The summed E-state index contributed by atoms with van der Waals surface area (Å²) in [5, 5.41) is 23.6. The average Bonchev–Trinajstić information content (AvgIpc) is 2.95. The highest BCUT2D eigenvalue weighted by atomic mass is 16.3. The van der Waals surface area contributed by atoms with Gasteiger partial charge in [0.2, 0.25) is 0 Å². The molecule has 0 radical (unpaired) electrons. The smallest absolute Gasteiger partial charge is 0.0991 e. The first kappa shape index (κ1) is 14.3. The standard InChI is InChI=1S/C16H19N3O/c1-3-12(2)19-8-7-15(18-19)10-16(20)14-6-4-5-13(9-14)11-17/h4-9,12,16,20H,3,10H2,1-2H3. The Balaban J connectivity index is 2.09. The minimum Gasteiger partial charge on any atom is -0.388 e. The molecule has 2 unspecified atom stereocenters. The van der Waals surface area contributed by atoms with E-state index in [4.69, 9.17) is 5.26 Å². The van der Waals surface area contributed by atoms with Gasteiger partial charge in [-0.2, -0.15) is 10.4 Å². The molecule has 4 nitrogen and oxygen atoms in total. The molecule has 1 N–H and O–H groups in total. The zero-order chi connectivity index (χ0) is 14.5. The highest BCUT2D eigenvalue weighted by Crippen LogP contribution is 2.19. The van der Waals surface area contributed by atoms with Crippen LogP contribution < -0.4 is 0 Å². The van der Waals surface area contributed by atoms with Gasteiger partial charge in [-0.1, -0.05) is 19.1 Å². The SMILES string of the molecule is CCC(C)n1ccc(CC(O)c2cccc(C#N)c2)n1. The highest BCUT2D eigenvalue weighted by Gasteiger charge is 2.12. The summed E-state index contributed by atoms with van der Waals surface area (Å²) < 4.78 is 1.92. The van der Waals surface area contributed by atoms with Crippen LogP contribution in [0.3, 0.4) is 0 Å². The number of nitriles is 1. The van der Waals surface area contributed by atoms with Gasteiger partial charge in [-0.15, -0.1) is 0 Å². The molecule has 0 aliphatic heterocycles. The van der Waals surface area contributed by atoms with Gasteiger partial charge in [0.15, 0.2) is 0 Å². The fraction of sp³-hybridized carbons (Fsp3) is 0.375. The minimum atomic E-state index is -0.636. The number of benzene rings is 1. The summed E-state index contributed by atoms with van der Waals surface area (Å²) in [7, 11) is 0. The van der Waals surface area contributed by atoms with Crippen LogP contribution in [0.4, 0.5) is 0 Å². The lowest BCUT2D eigenvalue weighted by Crippen LogP contribution is -2.07. The molecule has 2 atom stereocenters. The molecule has 0 aliphatic carbocycles. The monoisotopic (exact) mass is 269 g/mol. The van der Waals surface area contributed by atoms with E-state index < -0.39 is 6.10 Å². The Bertz CT molecular complexity index is 612. The third kappa shape index (κ3) is 3.25. The fourth-order valence-electron chi connectivity index (χ4n) is 2.05. The van der Waals surface area contributed by atoms with Crippen molar-refractivity contribution in [2.24, 2.45) is 0 Å². The van der Waals surface area contributed by atoms with Gasteiger partial charge in [0.25, 0.3) is 0 Å². The lowest BCUT2D eigenvalue weighted by molar-refractivity contribution is 0.177. The maximum absolute atomic E-state index is 10.2. The van der Waals surface area contributed by atoms with E-state index in [1.165, 1.54) is 0 Å². The van der Waals surface area contributed by atoms with Crippen molar-refractivity contribution in [2.75, 3.05) is 0 Å². The molecule has 2 aromatic rings. The van der Waals surface area contributed by atoms with Crippen molar-refractivity contribution in [3.05, 3.63) is 53.3 Å². The van der Waals surface area contributed by atoms with E-state index in [-0.39, 0.29) is 0 Å². The van der Waals surface area contributed by atoms with E-state index in [9.17, 15) is 5.11 Å². The van der Waals surface area contributed by atoms with Crippen LogP contribution in [-0.2, 0) is 6.42 Å². The molecular formula is C16H19N3O. The highest BCUT2D eigenvalue weighted by molar-refractivity contribution is 5.34. The van der Waals surface area contributed by atoms with Gasteiger partial charge >= 0.3 is 0 Å². The summed E-state index contributed by atoms with van der Waals surface area (Å²) in [6, 6.07) is 11.4. The first-order chi connectivity index (χ1) is 9.63. The fourth-order valence-corrected chi connectivity index (χ4v) is 2.05. The zero-order valence-electron chi connectivity index (χ0n) is 11.8. The molecular weight excluding hydrogens is 250 g/mol. The second-order valence-electron chi connectivity index (χ2n) is 5.00. The molecule has 0 saturated carbocycles. The topological polar surface area (TPSA) is 61.8 Å². The molecule has 1 aromatic carbocycles. The molecule has 0 aliphatic rings. The van der Waals surface area contributed by atoms with Crippen molar-refractivity contribution < 1.29 is 5.11 Å². The van der Waals surface area contributed by atoms with Gasteiger partial charge in [-0.25, -0.2) is 0 Å². The Morgan fingerprint density at radius 2 is 2.20 bits per heavy atom. The normalized spacial score (nSPS) is 13.7. The number of aliphatic hydroxyl groups is 1. The molecule has 1 heterocycles. The molecule has 4 heteroatoms. The Labute approximate surface area is 119 Å². The van der Waals surface area contributed by atoms with Crippen LogP contribution in [0.25, 0.3) is 0 Å². The van der Waals surface area contributed by atoms with Crippen LogP contribution in [0.15, 0.2) is 36.5 Å². The van der Waals surface area contributed by atoms with E-state index >= 15 is 0 Å². The van der Waals surface area contributed by atoms with E-state index in [1.54, 1.807) is 18.2 Å². The van der Waals surface area contributed by atoms with Crippen LogP contribution in [0.1, 0.15) is 49.2 Å². The Morgan fingerprint density at radius 3 is 2.90 bits per heavy atom. The third-order valence-electron chi connectivity index (χ3n) is 3.51. The molecule has 0 saturated heterocycles. The summed E-state index contributed by atoms with van der Waals surface area (Å²) in [6.07, 6.45) is 2.79. The summed E-state index contributed by atoms with van der Waals surface area (Å²) in [5.41, 5.74) is 2.17. The summed E-state index contributed by atoms with van der Waals surface area (Å²) in [5.74, 6) is 0. The Hall–Kier alpha value is -2.12. The molecule has 104 valence electrons. The first-order valence-corrected chi connectivity index (χ1v) is 6.86. The van der Waals surface area contributed by atoms with E-state index in [2.05, 4.69) is 25.0 Å². The maximum Gasteiger partial charge on any atom is 0.0991 e. The summed E-state index contributed by atoms with van der Waals surface area (Å²) in [4.78, 5) is 0. The van der Waals surface area contributed by atoms with Crippen LogP contribution in [0.2, 0.25) is 0 Å². The Morgan fingerprint density at radius 1 is 1.40 bits per heavy atom. The van der Waals surface area contributed by atoms with Gasteiger partial charge in [0, 0.05) is 18.7 Å². The van der Waals surface area contributed by atoms with Gasteiger partial charge in [0.05, 0.1) is 23.4 Å². The summed E-state index contributed by atoms with van der Waals surface area (Å²) in [6.45, 7) is 4.23. The molecule has 0 fully saturated rings. The Kier molecular flexibility index (Phi) is 4.54. The van der Waals surface area contributed by atoms with E-state index in [1.807, 2.05) is 23.0 Å². The van der Waals surface area contributed by atoms with E-state index in [0.717, 1.165) is 17.7 Å². The van der Waals surface area contributed by atoms with Crippen molar-refractivity contribution in [3.8, 4) is 6.07 Å². The average molecular weight is 269 g/mol. The van der Waals surface area contributed by atoms with Crippen LogP contribution in [-0.4, -0.2) is 14.9 Å². The predicted octanol–water partition coefficient (Wildman–Crippen LogP) is 3.00. The quantitative estimate of drug-likeness (QED) is 0.907. The van der Waals surface area contributed by atoms with Gasteiger partial charge in [-0.05, 0) is 37.1 Å². The van der Waals surface area contributed by atoms with E-state index in [0.29, 0.717) is 18.0 Å². The number of nitrogens with zero attached hydrogens (tertiary/aromatic N) is 3. The van der Waals surface area contributed by atoms with Gasteiger partial charge in [0.1, 0.15) is 0 Å². The second-order valence-corrected chi connectivity index (χ2v) is 5.00. The first-order valence-electron chi connectivity index (χ1n) is 6.86. The predicted molar refractivity (Wildman–Crippen MR) is 77.0 cm³/mol. The summed E-state index contributed by atoms with van der Waals surface area (Å²) >= 11 is 0. The maximum atomic E-state index is 10.2. The lowest BCUT2D eigenvalue weighted by atomic mass is 10.0. The van der Waals surface area contributed by atoms with Gasteiger partial charge < -0.3 is 5.11 Å². The number of hydrogen-bond donors (Lipinski definition) is 1. The lowest BCUT2D eigenvalue weighted by Gasteiger charge is -2.11. The third-order valence-corrected chi connectivity index (χ3v) is 3.51. The van der Waals surface area contributed by atoms with Crippen LogP contribution in [0, 0.1) is 11.3 Å². The van der Waals surface area contributed by atoms with Crippen LogP contribution >= 0.6 is 0 Å². The van der Waals surface area contributed by atoms with Crippen molar-refractivity contribution in [1.29, 1.82) is 5.26 Å². The number of rotatable bonds is 5. The van der Waals surface area contributed by atoms with Crippen molar-refractivity contribution in [3.63, 3.8) is 0 Å². The molecule has 0 bridgehead atoms.